The summed E-state index contributed by atoms with van der Waals surface area (Å²) in [5.41, 5.74) is 0.327. The predicted molar refractivity (Wildman–Crippen MR) is 68.6 cm³/mol. The van der Waals surface area contributed by atoms with E-state index in [1.165, 1.54) is 0 Å². The van der Waals surface area contributed by atoms with E-state index in [0.717, 1.165) is 14.9 Å². The average Bonchev–Trinajstić information content (AvgIpc) is 2.13. The molecule has 0 saturated heterocycles. The van der Waals surface area contributed by atoms with Crippen molar-refractivity contribution in [3.63, 3.8) is 0 Å². The number of terminal acetylenes is 1. The van der Waals surface area contributed by atoms with Gasteiger partial charge in [-0.3, -0.25) is 4.86 Å². The van der Waals surface area contributed by atoms with Crippen LogP contribution < -0.4 is 4.86 Å². The highest BCUT2D eigenvalue weighted by atomic mass is 31.1. The largest absolute Gasteiger partial charge is 0.363 e. The number of nitrogens with one attached hydrogen (secondary N) is 1. The first-order valence-electron chi connectivity index (χ1n) is 4.89. The Hall–Kier alpha value is 0.340. The number of hydrogen-bond donors (Lipinski definition) is 1. The normalized spacial score (nSPS) is 16.9. The van der Waals surface area contributed by atoms with Crippen LogP contribution in [0.1, 0.15) is 27.7 Å². The van der Waals surface area contributed by atoms with Gasteiger partial charge in [-0.2, -0.15) is 0 Å². The van der Waals surface area contributed by atoms with E-state index in [4.69, 9.17) is 11.2 Å². The third-order valence-electron chi connectivity index (χ3n) is 1.64. The first-order valence-corrected chi connectivity index (χ1v) is 7.17. The molecule has 0 bridgehead atoms. The second-order valence-electron chi connectivity index (χ2n) is 3.59. The van der Waals surface area contributed by atoms with Crippen molar-refractivity contribution in [1.82, 2.24) is 4.86 Å². The summed E-state index contributed by atoms with van der Waals surface area (Å²) in [5, 5.41) is 0. The van der Waals surface area contributed by atoms with Crippen molar-refractivity contribution in [2.24, 2.45) is 0 Å². The number of hydrogen-bond acceptors (Lipinski definition) is 2. The molecule has 0 heterocycles. The van der Waals surface area contributed by atoms with Crippen molar-refractivity contribution in [1.29, 1.82) is 0 Å². The summed E-state index contributed by atoms with van der Waals surface area (Å²) in [6.45, 7) is 9.04. The molecule has 0 radical (unpaired) electrons. The van der Waals surface area contributed by atoms with E-state index >= 15 is 0 Å². The molecule has 0 aliphatic rings. The highest BCUT2D eigenvalue weighted by Crippen LogP contribution is 2.25. The van der Waals surface area contributed by atoms with Gasteiger partial charge in [-0.15, -0.1) is 6.42 Å². The summed E-state index contributed by atoms with van der Waals surface area (Å²) in [5.74, 6) is 2.72. The Kier molecular flexibility index (Phi) is 7.79. The third-order valence-corrected chi connectivity index (χ3v) is 4.36. The average molecular weight is 233 g/mol. The fourth-order valence-corrected chi connectivity index (χ4v) is 3.33. The molecule has 1 N–H and O–H groups in total. The molecule has 0 aliphatic heterocycles. The van der Waals surface area contributed by atoms with Gasteiger partial charge >= 0.3 is 0 Å². The molecule has 82 valence electrons. The van der Waals surface area contributed by atoms with Crippen molar-refractivity contribution >= 4 is 17.5 Å². The summed E-state index contributed by atoms with van der Waals surface area (Å²) >= 11 is 0. The Morgan fingerprint density at radius 2 is 2.21 bits per heavy atom. The second kappa shape index (κ2) is 7.61. The molecular weight excluding hydrogens is 212 g/mol. The minimum Gasteiger partial charge on any atom is -0.363 e. The SMILES string of the molecule is C#CC(C)(CPNPC(C)C)OCC. The van der Waals surface area contributed by atoms with Crippen LogP contribution in [-0.2, 0) is 4.74 Å². The topological polar surface area (TPSA) is 21.3 Å². The van der Waals surface area contributed by atoms with Crippen LogP contribution in [0.4, 0.5) is 0 Å². The van der Waals surface area contributed by atoms with Crippen molar-refractivity contribution in [3.8, 4) is 12.3 Å². The first-order chi connectivity index (χ1) is 6.54. The number of rotatable bonds is 7. The van der Waals surface area contributed by atoms with Gasteiger partial charge in [0.1, 0.15) is 5.60 Å². The van der Waals surface area contributed by atoms with Crippen LogP contribution >= 0.6 is 17.5 Å². The molecule has 3 unspecified atom stereocenters. The van der Waals surface area contributed by atoms with Gasteiger partial charge in [0, 0.05) is 12.8 Å². The maximum atomic E-state index is 5.52. The lowest BCUT2D eigenvalue weighted by Crippen LogP contribution is -2.29. The van der Waals surface area contributed by atoms with E-state index in [9.17, 15) is 0 Å². The Bertz CT molecular complexity index is 191. The molecular formula is C10H21NOP2. The van der Waals surface area contributed by atoms with Gasteiger partial charge in [-0.05, 0) is 37.0 Å². The van der Waals surface area contributed by atoms with E-state index in [2.05, 4.69) is 24.6 Å². The molecule has 0 aliphatic carbocycles. The minimum absolute atomic E-state index is 0.387. The predicted octanol–water partition coefficient (Wildman–Crippen LogP) is 2.60. The lowest BCUT2D eigenvalue weighted by Gasteiger charge is -2.23. The van der Waals surface area contributed by atoms with Crippen molar-refractivity contribution < 1.29 is 4.74 Å². The molecule has 0 fully saturated rings. The smallest absolute Gasteiger partial charge is 0.130 e. The molecule has 0 rings (SSSR count). The molecule has 4 heteroatoms. The number of ether oxygens (including phenoxy) is 1. The Morgan fingerprint density at radius 1 is 1.57 bits per heavy atom. The van der Waals surface area contributed by atoms with Gasteiger partial charge in [0.2, 0.25) is 0 Å². The third kappa shape index (κ3) is 6.74. The minimum atomic E-state index is -0.387. The van der Waals surface area contributed by atoms with E-state index in [1.54, 1.807) is 0 Å². The van der Waals surface area contributed by atoms with Gasteiger partial charge in [0.25, 0.3) is 0 Å². The van der Waals surface area contributed by atoms with Crippen molar-refractivity contribution in [2.75, 3.05) is 12.8 Å². The fraction of sp³-hybridized carbons (Fsp3) is 0.800. The van der Waals surface area contributed by atoms with Crippen LogP contribution in [-0.4, -0.2) is 24.0 Å². The lowest BCUT2D eigenvalue weighted by atomic mass is 10.1. The summed E-state index contributed by atoms with van der Waals surface area (Å²) in [7, 11) is 1.50. The quantitative estimate of drug-likeness (QED) is 0.414. The molecule has 14 heavy (non-hydrogen) atoms. The molecule has 0 spiro atoms. The molecule has 0 aromatic heterocycles. The van der Waals surface area contributed by atoms with E-state index in [-0.39, 0.29) is 5.60 Å². The van der Waals surface area contributed by atoms with Gasteiger partial charge < -0.3 is 4.74 Å². The molecule has 0 aromatic carbocycles. The molecule has 3 atom stereocenters. The Morgan fingerprint density at radius 3 is 2.64 bits per heavy atom. The zero-order valence-electron chi connectivity index (χ0n) is 9.48. The van der Waals surface area contributed by atoms with Crippen LogP contribution in [0, 0.1) is 12.3 Å². The van der Waals surface area contributed by atoms with Gasteiger partial charge in [-0.25, -0.2) is 0 Å². The van der Waals surface area contributed by atoms with Crippen molar-refractivity contribution in [3.05, 3.63) is 0 Å². The van der Waals surface area contributed by atoms with Crippen LogP contribution in [0.5, 0.6) is 0 Å². The maximum Gasteiger partial charge on any atom is 0.130 e. The summed E-state index contributed by atoms with van der Waals surface area (Å²) in [6, 6.07) is 0. The monoisotopic (exact) mass is 233 g/mol. The van der Waals surface area contributed by atoms with Gasteiger partial charge in [0.15, 0.2) is 0 Å². The standard InChI is InChI=1S/C10H21NOP2/c1-6-10(5,12-7-2)8-13-11-14-9(3)4/h1,9,11,13-14H,7-8H2,2-5H3. The van der Waals surface area contributed by atoms with Crippen LogP contribution in [0.3, 0.4) is 0 Å². The molecule has 0 amide bonds. The highest BCUT2D eigenvalue weighted by molar-refractivity contribution is 7.52. The van der Waals surface area contributed by atoms with Crippen LogP contribution in [0.25, 0.3) is 0 Å². The van der Waals surface area contributed by atoms with E-state index < -0.39 is 0 Å². The summed E-state index contributed by atoms with van der Waals surface area (Å²) in [6.07, 6.45) is 6.34. The first kappa shape index (κ1) is 14.3. The second-order valence-corrected chi connectivity index (χ2v) is 6.74. The molecule has 2 nitrogen and oxygen atoms in total. The van der Waals surface area contributed by atoms with Crippen LogP contribution in [0.2, 0.25) is 0 Å². The lowest BCUT2D eigenvalue weighted by molar-refractivity contribution is 0.0395. The maximum absolute atomic E-state index is 5.52. The van der Waals surface area contributed by atoms with Gasteiger partial charge in [0.05, 0.1) is 0 Å². The fourth-order valence-electron chi connectivity index (χ4n) is 0.871. The zero-order chi connectivity index (χ0) is 11.0. The Labute approximate surface area is 91.6 Å². The van der Waals surface area contributed by atoms with E-state index in [0.29, 0.717) is 21.0 Å². The van der Waals surface area contributed by atoms with Crippen molar-refractivity contribution in [2.45, 2.75) is 39.0 Å². The Balaban J connectivity index is 3.69. The molecule has 0 saturated carbocycles. The van der Waals surface area contributed by atoms with E-state index in [1.807, 2.05) is 13.8 Å². The van der Waals surface area contributed by atoms with Gasteiger partial charge in [-0.1, -0.05) is 19.8 Å². The highest BCUT2D eigenvalue weighted by Gasteiger charge is 2.20. The summed E-state index contributed by atoms with van der Waals surface area (Å²) < 4.78 is 5.52. The summed E-state index contributed by atoms with van der Waals surface area (Å²) in [4.78, 5) is 3.41. The molecule has 0 aromatic rings. The zero-order valence-corrected chi connectivity index (χ0v) is 11.5. The van der Waals surface area contributed by atoms with Crippen LogP contribution in [0.15, 0.2) is 0 Å².